The van der Waals surface area contributed by atoms with Crippen molar-refractivity contribution in [1.29, 1.82) is 0 Å². The summed E-state index contributed by atoms with van der Waals surface area (Å²) in [6.07, 6.45) is -8.20. The van der Waals surface area contributed by atoms with E-state index in [1.54, 1.807) is 12.1 Å². The standard InChI is InChI=1S/C24H19F5N4O4/c1-30-21(34)11-16-8-13(6-7-31-16)12-32-18-9-14(25)2-4-17(18)22(35)33-15-3-5-19-20(10-15)37-24(28,29)23(26,27)36-19/h2-10,32H,11-12H2,1H3,(H,30,34)(H,33,35). The Morgan fingerprint density at radius 3 is 2.41 bits per heavy atom. The van der Waals surface area contributed by atoms with Crippen LogP contribution in [0.1, 0.15) is 21.6 Å². The van der Waals surface area contributed by atoms with Gasteiger partial charge in [0, 0.05) is 37.2 Å². The normalized spacial score (nSPS) is 15.0. The van der Waals surface area contributed by atoms with Crippen LogP contribution in [0.15, 0.2) is 54.7 Å². The van der Waals surface area contributed by atoms with E-state index in [2.05, 4.69) is 30.4 Å². The fraction of sp³-hybridized carbons (Fsp3) is 0.208. The molecule has 13 heteroatoms. The molecule has 2 amide bonds. The van der Waals surface area contributed by atoms with E-state index in [9.17, 15) is 31.5 Å². The van der Waals surface area contributed by atoms with Crippen LogP contribution in [0.2, 0.25) is 0 Å². The molecule has 0 radical (unpaired) electrons. The summed E-state index contributed by atoms with van der Waals surface area (Å²) in [5, 5.41) is 7.87. The highest BCUT2D eigenvalue weighted by Crippen LogP contribution is 2.47. The largest absolute Gasteiger partial charge is 0.507 e. The minimum atomic E-state index is -4.91. The van der Waals surface area contributed by atoms with Gasteiger partial charge in [-0.2, -0.15) is 17.6 Å². The first kappa shape index (κ1) is 25.7. The number of nitrogens with one attached hydrogen (secondary N) is 3. The van der Waals surface area contributed by atoms with Crippen molar-refractivity contribution in [2.75, 3.05) is 17.7 Å². The van der Waals surface area contributed by atoms with Crippen LogP contribution in [0.3, 0.4) is 0 Å². The van der Waals surface area contributed by atoms with Crippen molar-refractivity contribution in [3.8, 4) is 11.5 Å². The maximum atomic E-state index is 13.9. The van der Waals surface area contributed by atoms with Gasteiger partial charge in [-0.15, -0.1) is 0 Å². The lowest BCUT2D eigenvalue weighted by atomic mass is 10.1. The smallest absolute Gasteiger partial charge is 0.421 e. The third-order valence-electron chi connectivity index (χ3n) is 5.23. The van der Waals surface area contributed by atoms with Crippen LogP contribution < -0.4 is 25.4 Å². The van der Waals surface area contributed by atoms with E-state index in [1.165, 1.54) is 19.3 Å². The van der Waals surface area contributed by atoms with Crippen molar-refractivity contribution in [2.24, 2.45) is 0 Å². The number of alkyl halides is 4. The van der Waals surface area contributed by atoms with Gasteiger partial charge in [-0.05, 0) is 48.0 Å². The molecule has 2 heterocycles. The quantitative estimate of drug-likeness (QED) is 0.400. The second-order valence-electron chi connectivity index (χ2n) is 7.90. The molecule has 37 heavy (non-hydrogen) atoms. The average Bonchev–Trinajstić information content (AvgIpc) is 2.83. The molecule has 0 saturated heterocycles. The zero-order valence-corrected chi connectivity index (χ0v) is 19.1. The molecule has 2 aromatic carbocycles. The minimum absolute atomic E-state index is 0.00722. The number of fused-ring (bicyclic) bond motifs is 1. The molecule has 1 aliphatic rings. The Kier molecular flexibility index (Phi) is 6.88. The number of ether oxygens (including phenoxy) is 2. The highest BCUT2D eigenvalue weighted by Gasteiger charge is 2.65. The fourth-order valence-corrected chi connectivity index (χ4v) is 3.39. The molecule has 4 rings (SSSR count). The van der Waals surface area contributed by atoms with Crippen LogP contribution in [0, 0.1) is 5.82 Å². The number of hydrogen-bond acceptors (Lipinski definition) is 6. The van der Waals surface area contributed by atoms with Crippen LogP contribution >= 0.6 is 0 Å². The molecular weight excluding hydrogens is 503 g/mol. The zero-order chi connectivity index (χ0) is 26.8. The van der Waals surface area contributed by atoms with Crippen LogP contribution in [-0.4, -0.2) is 36.1 Å². The molecule has 0 atom stereocenters. The van der Waals surface area contributed by atoms with E-state index < -0.39 is 35.4 Å². The first-order valence-corrected chi connectivity index (χ1v) is 10.7. The number of anilines is 2. The van der Waals surface area contributed by atoms with Crippen LogP contribution in [-0.2, 0) is 17.8 Å². The predicted molar refractivity (Wildman–Crippen MR) is 121 cm³/mol. The van der Waals surface area contributed by atoms with E-state index in [0.29, 0.717) is 11.3 Å². The second kappa shape index (κ2) is 9.91. The van der Waals surface area contributed by atoms with Gasteiger partial charge in [0.2, 0.25) is 5.91 Å². The molecule has 0 spiro atoms. The van der Waals surface area contributed by atoms with E-state index in [-0.39, 0.29) is 35.8 Å². The van der Waals surface area contributed by atoms with Crippen LogP contribution in [0.5, 0.6) is 11.5 Å². The average molecular weight is 522 g/mol. The summed E-state index contributed by atoms with van der Waals surface area (Å²) in [4.78, 5) is 28.6. The van der Waals surface area contributed by atoms with Crippen LogP contribution in [0.25, 0.3) is 0 Å². The van der Waals surface area contributed by atoms with Gasteiger partial charge in [0.1, 0.15) is 5.82 Å². The maximum absolute atomic E-state index is 13.9. The summed E-state index contributed by atoms with van der Waals surface area (Å²) in [6, 6.07) is 9.71. The van der Waals surface area contributed by atoms with E-state index >= 15 is 0 Å². The van der Waals surface area contributed by atoms with Gasteiger partial charge in [-0.1, -0.05) is 0 Å². The summed E-state index contributed by atoms with van der Waals surface area (Å²) in [5.41, 5.74) is 1.28. The molecule has 1 aromatic heterocycles. The number of halogens is 5. The first-order chi connectivity index (χ1) is 17.5. The van der Waals surface area contributed by atoms with Gasteiger partial charge in [-0.3, -0.25) is 14.6 Å². The summed E-state index contributed by atoms with van der Waals surface area (Å²) >= 11 is 0. The van der Waals surface area contributed by atoms with Crippen molar-refractivity contribution in [3.63, 3.8) is 0 Å². The van der Waals surface area contributed by atoms with E-state index in [4.69, 9.17) is 0 Å². The van der Waals surface area contributed by atoms with Crippen molar-refractivity contribution in [2.45, 2.75) is 25.2 Å². The molecule has 0 fully saturated rings. The summed E-state index contributed by atoms with van der Waals surface area (Å²) in [5.74, 6) is -2.93. The molecule has 0 saturated carbocycles. The number of aromatic nitrogens is 1. The Labute approximate surface area is 206 Å². The van der Waals surface area contributed by atoms with Crippen LogP contribution in [0.4, 0.5) is 33.3 Å². The third kappa shape index (κ3) is 5.71. The second-order valence-corrected chi connectivity index (χ2v) is 7.90. The Balaban J connectivity index is 1.50. The molecular formula is C24H19F5N4O4. The lowest BCUT2D eigenvalue weighted by molar-refractivity contribution is -0.391. The van der Waals surface area contributed by atoms with Crippen molar-refractivity contribution < 1.29 is 41.0 Å². The number of hydrogen-bond donors (Lipinski definition) is 3. The van der Waals surface area contributed by atoms with Gasteiger partial charge >= 0.3 is 12.2 Å². The number of benzene rings is 2. The lowest BCUT2D eigenvalue weighted by Gasteiger charge is -2.31. The first-order valence-electron chi connectivity index (χ1n) is 10.7. The maximum Gasteiger partial charge on any atom is 0.507 e. The number of pyridine rings is 1. The van der Waals surface area contributed by atoms with Crippen molar-refractivity contribution in [3.05, 3.63) is 77.4 Å². The number of carbonyl (C=O) groups excluding carboxylic acids is 2. The molecule has 0 unspecified atom stereocenters. The summed E-state index contributed by atoms with van der Waals surface area (Å²) in [7, 11) is 1.50. The van der Waals surface area contributed by atoms with Gasteiger partial charge in [-0.25, -0.2) is 4.39 Å². The Morgan fingerprint density at radius 1 is 0.946 bits per heavy atom. The Bertz CT molecular complexity index is 1350. The topological polar surface area (TPSA) is 102 Å². The Morgan fingerprint density at radius 2 is 1.68 bits per heavy atom. The van der Waals surface area contributed by atoms with E-state index in [0.717, 1.165) is 30.3 Å². The summed E-state index contributed by atoms with van der Waals surface area (Å²) < 4.78 is 75.7. The highest BCUT2D eigenvalue weighted by atomic mass is 19.3. The number of carbonyl (C=O) groups is 2. The highest BCUT2D eigenvalue weighted by molar-refractivity contribution is 6.08. The number of rotatable bonds is 7. The number of likely N-dealkylation sites (N-methyl/N-ethyl adjacent to an activating group) is 1. The third-order valence-corrected chi connectivity index (χ3v) is 5.23. The summed E-state index contributed by atoms with van der Waals surface area (Å²) in [6.45, 7) is 0.153. The minimum Gasteiger partial charge on any atom is -0.421 e. The van der Waals surface area contributed by atoms with Gasteiger partial charge < -0.3 is 25.4 Å². The SMILES string of the molecule is CNC(=O)Cc1cc(CNc2cc(F)ccc2C(=O)Nc2ccc3c(c2)OC(F)(F)C(F)(F)O3)ccn1. The van der Waals surface area contributed by atoms with E-state index in [1.807, 2.05) is 0 Å². The van der Waals surface area contributed by atoms with Gasteiger partial charge in [0.05, 0.1) is 17.7 Å². The lowest BCUT2D eigenvalue weighted by Crippen LogP contribution is -2.52. The fourth-order valence-electron chi connectivity index (χ4n) is 3.39. The Hall–Kier alpha value is -4.42. The molecule has 3 N–H and O–H groups in total. The molecule has 8 nitrogen and oxygen atoms in total. The molecule has 0 bridgehead atoms. The molecule has 3 aromatic rings. The van der Waals surface area contributed by atoms with Crippen molar-refractivity contribution >= 4 is 23.2 Å². The number of nitrogens with zero attached hydrogens (tertiary/aromatic N) is 1. The predicted octanol–water partition coefficient (Wildman–Crippen LogP) is 4.33. The van der Waals surface area contributed by atoms with Crippen molar-refractivity contribution in [1.82, 2.24) is 10.3 Å². The molecule has 194 valence electrons. The van der Waals surface area contributed by atoms with Gasteiger partial charge in [0.25, 0.3) is 5.91 Å². The zero-order valence-electron chi connectivity index (χ0n) is 19.1. The molecule has 1 aliphatic heterocycles. The number of amides is 2. The van der Waals surface area contributed by atoms with Gasteiger partial charge in [0.15, 0.2) is 11.5 Å². The molecule has 0 aliphatic carbocycles. The monoisotopic (exact) mass is 522 g/mol.